The number of hydrogen-bond donors (Lipinski definition) is 1. The lowest BCUT2D eigenvalue weighted by molar-refractivity contribution is -0.155. The minimum Gasteiger partial charge on any atom is -0.459 e. The van der Waals surface area contributed by atoms with Crippen LogP contribution in [0.15, 0.2) is 0 Å². The van der Waals surface area contributed by atoms with Crippen molar-refractivity contribution in [3.63, 3.8) is 0 Å². The molecule has 0 bridgehead atoms. The van der Waals surface area contributed by atoms with Crippen molar-refractivity contribution in [3.05, 3.63) is 0 Å². The molecule has 1 unspecified atom stereocenters. The number of nitrogens with zero attached hydrogens (tertiary/aromatic N) is 1. The normalized spacial score (nSPS) is 14.2. The van der Waals surface area contributed by atoms with Crippen molar-refractivity contribution in [2.45, 2.75) is 52.7 Å². The Balaban J connectivity index is 3.86. The number of ether oxygens (including phenoxy) is 1. The summed E-state index contributed by atoms with van der Waals surface area (Å²) in [6, 6.07) is 0.191. The third-order valence-electron chi connectivity index (χ3n) is 2.52. The maximum atomic E-state index is 11.6. The quantitative estimate of drug-likeness (QED) is 0.722. The van der Waals surface area contributed by atoms with Crippen LogP contribution in [-0.2, 0) is 9.53 Å². The van der Waals surface area contributed by atoms with Gasteiger partial charge >= 0.3 is 5.97 Å². The van der Waals surface area contributed by atoms with Gasteiger partial charge in [0.05, 0.1) is 6.54 Å². The molecular weight excluding hydrogens is 216 g/mol. The monoisotopic (exact) mass is 244 g/mol. The molecule has 17 heavy (non-hydrogen) atoms. The van der Waals surface area contributed by atoms with Gasteiger partial charge in [0, 0.05) is 6.04 Å². The highest BCUT2D eigenvalue weighted by Gasteiger charge is 2.18. The molecule has 0 amide bonds. The highest BCUT2D eigenvalue weighted by molar-refractivity contribution is 5.72. The molecule has 102 valence electrons. The molecule has 0 aromatic carbocycles. The predicted octanol–water partition coefficient (Wildman–Crippen LogP) is 1.63. The molecular formula is C13H28N2O2. The van der Waals surface area contributed by atoms with Crippen molar-refractivity contribution in [3.8, 4) is 0 Å². The fourth-order valence-electron chi connectivity index (χ4n) is 1.38. The first-order chi connectivity index (χ1) is 7.61. The van der Waals surface area contributed by atoms with E-state index in [1.165, 1.54) is 0 Å². The van der Waals surface area contributed by atoms with Gasteiger partial charge in [-0.05, 0) is 46.7 Å². The number of carbonyl (C=O) groups excluding carboxylic acids is 1. The summed E-state index contributed by atoms with van der Waals surface area (Å²) in [6.45, 7) is 11.0. The number of likely N-dealkylation sites (N-methyl/N-ethyl adjacent to an activating group) is 1. The first kappa shape index (κ1) is 16.4. The molecule has 4 nitrogen and oxygen atoms in total. The molecule has 0 aromatic rings. The van der Waals surface area contributed by atoms with E-state index in [0.29, 0.717) is 12.5 Å². The van der Waals surface area contributed by atoms with Crippen LogP contribution in [0.1, 0.15) is 41.0 Å². The number of esters is 1. The largest absolute Gasteiger partial charge is 0.459 e. The van der Waals surface area contributed by atoms with Gasteiger partial charge in [-0.3, -0.25) is 9.69 Å². The summed E-state index contributed by atoms with van der Waals surface area (Å²) < 4.78 is 5.25. The molecule has 4 heteroatoms. The van der Waals surface area contributed by atoms with E-state index < -0.39 is 5.60 Å². The van der Waals surface area contributed by atoms with Crippen molar-refractivity contribution < 1.29 is 9.53 Å². The molecule has 0 aliphatic carbocycles. The van der Waals surface area contributed by atoms with E-state index in [1.807, 2.05) is 32.7 Å². The predicted molar refractivity (Wildman–Crippen MR) is 70.8 cm³/mol. The van der Waals surface area contributed by atoms with Crippen LogP contribution in [0.2, 0.25) is 0 Å². The van der Waals surface area contributed by atoms with E-state index in [-0.39, 0.29) is 12.0 Å². The molecule has 0 saturated carbocycles. The van der Waals surface area contributed by atoms with Crippen LogP contribution in [-0.4, -0.2) is 42.6 Å². The van der Waals surface area contributed by atoms with Gasteiger partial charge in [-0.2, -0.15) is 0 Å². The summed E-state index contributed by atoms with van der Waals surface area (Å²) in [5, 5.41) is 0. The second-order valence-electron chi connectivity index (χ2n) is 6.02. The van der Waals surface area contributed by atoms with Crippen LogP contribution < -0.4 is 5.73 Å². The molecule has 2 N–H and O–H groups in total. The van der Waals surface area contributed by atoms with Crippen LogP contribution in [0.5, 0.6) is 0 Å². The Labute approximate surface area is 105 Å². The number of rotatable bonds is 6. The van der Waals surface area contributed by atoms with E-state index in [0.717, 1.165) is 13.0 Å². The Morgan fingerprint density at radius 3 is 2.29 bits per heavy atom. The highest BCUT2D eigenvalue weighted by atomic mass is 16.6. The zero-order valence-electron chi connectivity index (χ0n) is 12.1. The first-order valence-corrected chi connectivity index (χ1v) is 6.28. The second-order valence-corrected chi connectivity index (χ2v) is 6.02. The van der Waals surface area contributed by atoms with Gasteiger partial charge < -0.3 is 10.5 Å². The Morgan fingerprint density at radius 2 is 1.88 bits per heavy atom. The molecule has 0 radical (unpaired) electrons. The van der Waals surface area contributed by atoms with Crippen LogP contribution >= 0.6 is 0 Å². The van der Waals surface area contributed by atoms with Crippen LogP contribution in [0.3, 0.4) is 0 Å². The van der Waals surface area contributed by atoms with Gasteiger partial charge in [0.15, 0.2) is 0 Å². The molecule has 1 atom stereocenters. The van der Waals surface area contributed by atoms with E-state index in [9.17, 15) is 4.79 Å². The van der Waals surface area contributed by atoms with Crippen molar-refractivity contribution in [2.24, 2.45) is 11.7 Å². The third-order valence-corrected chi connectivity index (χ3v) is 2.52. The number of nitrogens with two attached hydrogens (primary N) is 1. The van der Waals surface area contributed by atoms with Gasteiger partial charge in [0.1, 0.15) is 5.60 Å². The molecule has 0 spiro atoms. The molecule has 0 heterocycles. The highest BCUT2D eigenvalue weighted by Crippen LogP contribution is 2.08. The Morgan fingerprint density at radius 1 is 1.35 bits per heavy atom. The fourth-order valence-corrected chi connectivity index (χ4v) is 1.38. The van der Waals surface area contributed by atoms with Crippen LogP contribution in [0, 0.1) is 5.92 Å². The van der Waals surface area contributed by atoms with E-state index in [1.54, 1.807) is 0 Å². The van der Waals surface area contributed by atoms with Crippen LogP contribution in [0.25, 0.3) is 0 Å². The lowest BCUT2D eigenvalue weighted by Crippen LogP contribution is -2.36. The molecule has 0 fully saturated rings. The summed E-state index contributed by atoms with van der Waals surface area (Å²) in [5.41, 5.74) is 5.54. The lowest BCUT2D eigenvalue weighted by atomic mass is 10.0. The van der Waals surface area contributed by atoms with E-state index in [4.69, 9.17) is 10.5 Å². The SMILES string of the molecule is CC(C)C(N)CCN(C)CC(=O)OC(C)(C)C. The molecule has 0 aromatic heterocycles. The second kappa shape index (κ2) is 6.97. The average Bonchev–Trinajstić information content (AvgIpc) is 2.10. The smallest absolute Gasteiger partial charge is 0.320 e. The van der Waals surface area contributed by atoms with Gasteiger partial charge in [-0.25, -0.2) is 0 Å². The number of carbonyl (C=O) groups is 1. The van der Waals surface area contributed by atoms with Crippen molar-refractivity contribution in [1.82, 2.24) is 4.90 Å². The lowest BCUT2D eigenvalue weighted by Gasteiger charge is -2.23. The summed E-state index contributed by atoms with van der Waals surface area (Å²) in [4.78, 5) is 13.5. The summed E-state index contributed by atoms with van der Waals surface area (Å²) >= 11 is 0. The fraction of sp³-hybridized carbons (Fsp3) is 0.923. The van der Waals surface area contributed by atoms with Gasteiger partial charge in [0.25, 0.3) is 0 Å². The molecule has 0 aliphatic heterocycles. The minimum absolute atomic E-state index is 0.182. The molecule has 0 aliphatic rings. The Bertz CT molecular complexity index is 234. The molecule has 0 saturated heterocycles. The van der Waals surface area contributed by atoms with Crippen molar-refractivity contribution in [1.29, 1.82) is 0 Å². The van der Waals surface area contributed by atoms with Gasteiger partial charge in [-0.1, -0.05) is 13.8 Å². The van der Waals surface area contributed by atoms with Crippen LogP contribution in [0.4, 0.5) is 0 Å². The zero-order chi connectivity index (χ0) is 13.6. The standard InChI is InChI=1S/C13H28N2O2/c1-10(2)11(14)7-8-15(6)9-12(16)17-13(3,4)5/h10-11H,7-9,14H2,1-6H3. The Kier molecular flexibility index (Phi) is 6.72. The first-order valence-electron chi connectivity index (χ1n) is 6.28. The summed E-state index contributed by atoms with van der Waals surface area (Å²) in [7, 11) is 1.91. The van der Waals surface area contributed by atoms with Crippen molar-refractivity contribution in [2.75, 3.05) is 20.1 Å². The maximum absolute atomic E-state index is 11.6. The van der Waals surface area contributed by atoms with Gasteiger partial charge in [-0.15, -0.1) is 0 Å². The van der Waals surface area contributed by atoms with Gasteiger partial charge in [0.2, 0.25) is 0 Å². The molecule has 0 rings (SSSR count). The van der Waals surface area contributed by atoms with E-state index in [2.05, 4.69) is 13.8 Å². The maximum Gasteiger partial charge on any atom is 0.320 e. The number of hydrogen-bond acceptors (Lipinski definition) is 4. The average molecular weight is 244 g/mol. The van der Waals surface area contributed by atoms with E-state index >= 15 is 0 Å². The zero-order valence-corrected chi connectivity index (χ0v) is 12.1. The third kappa shape index (κ3) is 9.12. The Hall–Kier alpha value is -0.610. The topological polar surface area (TPSA) is 55.6 Å². The summed E-state index contributed by atoms with van der Waals surface area (Å²) in [5.74, 6) is 0.294. The minimum atomic E-state index is -0.410. The van der Waals surface area contributed by atoms with Crippen molar-refractivity contribution >= 4 is 5.97 Å². The summed E-state index contributed by atoms with van der Waals surface area (Å²) in [6.07, 6.45) is 0.900.